The van der Waals surface area contributed by atoms with E-state index in [1.54, 1.807) is 13.0 Å². The monoisotopic (exact) mass is 416 g/mol. The number of ether oxygens (including phenoxy) is 2. The molecule has 0 fully saturated rings. The lowest BCUT2D eigenvalue weighted by Crippen LogP contribution is -2.03. The van der Waals surface area contributed by atoms with Crippen molar-refractivity contribution in [2.75, 3.05) is 27.1 Å². The second-order valence-corrected chi connectivity index (χ2v) is 8.28. The van der Waals surface area contributed by atoms with Gasteiger partial charge in [-0.1, -0.05) is 37.8 Å². The summed E-state index contributed by atoms with van der Waals surface area (Å²) in [6.45, 7) is 1.97. The third kappa shape index (κ3) is 7.59. The van der Waals surface area contributed by atoms with E-state index in [1.807, 2.05) is 6.08 Å². The summed E-state index contributed by atoms with van der Waals surface area (Å²) in [5, 5.41) is 20.6. The van der Waals surface area contributed by atoms with Gasteiger partial charge in [0.25, 0.3) is 10.1 Å². The number of phenols is 2. The van der Waals surface area contributed by atoms with Crippen LogP contribution in [0.25, 0.3) is 6.08 Å². The van der Waals surface area contributed by atoms with E-state index in [2.05, 4.69) is 0 Å². The van der Waals surface area contributed by atoms with Gasteiger partial charge < -0.3 is 19.7 Å². The zero-order valence-electron chi connectivity index (χ0n) is 17.2. The minimum Gasteiger partial charge on any atom is -0.504 e. The SMILES string of the molecule is COc1c(O)c(C)c(C=CCCCCCCCCOS(C)(=O)=O)c(O)c1OC. The van der Waals surface area contributed by atoms with Crippen LogP contribution in [0.4, 0.5) is 0 Å². The van der Waals surface area contributed by atoms with Crippen LogP contribution in [0.15, 0.2) is 6.08 Å². The molecule has 1 aromatic carbocycles. The van der Waals surface area contributed by atoms with Gasteiger partial charge in [-0.15, -0.1) is 0 Å². The normalized spacial score (nSPS) is 11.9. The highest BCUT2D eigenvalue weighted by atomic mass is 32.2. The van der Waals surface area contributed by atoms with Crippen LogP contribution in [0, 0.1) is 6.92 Å². The van der Waals surface area contributed by atoms with Crippen LogP contribution in [0.1, 0.15) is 56.1 Å². The van der Waals surface area contributed by atoms with E-state index < -0.39 is 10.1 Å². The number of allylic oxidation sites excluding steroid dienone is 1. The molecule has 8 heteroatoms. The van der Waals surface area contributed by atoms with E-state index in [4.69, 9.17) is 13.7 Å². The molecule has 0 atom stereocenters. The molecule has 0 heterocycles. The largest absolute Gasteiger partial charge is 0.504 e. The van der Waals surface area contributed by atoms with Crippen LogP contribution < -0.4 is 9.47 Å². The number of phenolic OH excluding ortho intramolecular Hbond substituents is 2. The predicted octanol–water partition coefficient (Wildman–Crippen LogP) is 4.14. The predicted molar refractivity (Wildman–Crippen MR) is 110 cm³/mol. The van der Waals surface area contributed by atoms with E-state index in [0.717, 1.165) is 51.2 Å². The molecule has 28 heavy (non-hydrogen) atoms. The fourth-order valence-corrected chi connectivity index (χ4v) is 3.30. The van der Waals surface area contributed by atoms with Gasteiger partial charge in [0.2, 0.25) is 11.5 Å². The lowest BCUT2D eigenvalue weighted by Gasteiger charge is -2.16. The maximum Gasteiger partial charge on any atom is 0.264 e. The van der Waals surface area contributed by atoms with Crippen molar-refractivity contribution < 1.29 is 32.3 Å². The van der Waals surface area contributed by atoms with Gasteiger partial charge in [0.05, 0.1) is 27.1 Å². The third-order valence-corrected chi connectivity index (χ3v) is 5.00. The highest BCUT2D eigenvalue weighted by Gasteiger charge is 2.21. The number of aromatic hydroxyl groups is 2. The molecule has 0 aliphatic rings. The number of unbranched alkanes of at least 4 members (excludes halogenated alkanes) is 6. The van der Waals surface area contributed by atoms with Gasteiger partial charge in [-0.2, -0.15) is 8.42 Å². The molecule has 1 aromatic rings. The van der Waals surface area contributed by atoms with Gasteiger partial charge in [0.1, 0.15) is 0 Å². The smallest absolute Gasteiger partial charge is 0.264 e. The first-order chi connectivity index (χ1) is 13.2. The number of benzene rings is 1. The molecule has 0 saturated heterocycles. The van der Waals surface area contributed by atoms with Crippen molar-refractivity contribution in [3.8, 4) is 23.0 Å². The Morgan fingerprint density at radius 1 is 0.893 bits per heavy atom. The minimum absolute atomic E-state index is 0.0448. The summed E-state index contributed by atoms with van der Waals surface area (Å²) in [6, 6.07) is 0. The van der Waals surface area contributed by atoms with E-state index in [0.29, 0.717) is 11.1 Å². The molecule has 0 bridgehead atoms. The molecular formula is C20H32O7S. The zero-order chi connectivity index (χ0) is 21.2. The van der Waals surface area contributed by atoms with E-state index in [9.17, 15) is 18.6 Å². The second-order valence-electron chi connectivity index (χ2n) is 6.64. The van der Waals surface area contributed by atoms with Crippen LogP contribution in [0.2, 0.25) is 0 Å². The molecule has 0 radical (unpaired) electrons. The molecule has 7 nitrogen and oxygen atoms in total. The van der Waals surface area contributed by atoms with Crippen molar-refractivity contribution in [1.82, 2.24) is 0 Å². The van der Waals surface area contributed by atoms with Crippen molar-refractivity contribution in [3.05, 3.63) is 17.2 Å². The summed E-state index contributed by atoms with van der Waals surface area (Å²) in [6.07, 6.45) is 11.6. The van der Waals surface area contributed by atoms with Crippen LogP contribution in [0.3, 0.4) is 0 Å². The van der Waals surface area contributed by atoms with Gasteiger partial charge in [-0.25, -0.2) is 0 Å². The summed E-state index contributed by atoms with van der Waals surface area (Å²) >= 11 is 0. The summed E-state index contributed by atoms with van der Waals surface area (Å²) < 4.78 is 36.6. The van der Waals surface area contributed by atoms with Crippen molar-refractivity contribution in [3.63, 3.8) is 0 Å². The first-order valence-corrected chi connectivity index (χ1v) is 11.2. The van der Waals surface area contributed by atoms with Crippen molar-refractivity contribution in [1.29, 1.82) is 0 Å². The van der Waals surface area contributed by atoms with Crippen molar-refractivity contribution in [2.45, 2.75) is 51.9 Å². The lowest BCUT2D eigenvalue weighted by atomic mass is 10.0. The Balaban J connectivity index is 2.39. The molecule has 0 amide bonds. The minimum atomic E-state index is -3.33. The van der Waals surface area contributed by atoms with Gasteiger partial charge in [0, 0.05) is 11.1 Å². The molecule has 0 aromatic heterocycles. The zero-order valence-corrected chi connectivity index (χ0v) is 18.0. The second kappa shape index (κ2) is 11.8. The highest BCUT2D eigenvalue weighted by molar-refractivity contribution is 7.85. The van der Waals surface area contributed by atoms with Crippen molar-refractivity contribution in [2.24, 2.45) is 0 Å². The molecule has 0 spiro atoms. The van der Waals surface area contributed by atoms with Gasteiger partial charge >= 0.3 is 0 Å². The lowest BCUT2D eigenvalue weighted by molar-refractivity contribution is 0.309. The van der Waals surface area contributed by atoms with Crippen LogP contribution in [-0.2, 0) is 14.3 Å². The van der Waals surface area contributed by atoms with Gasteiger partial charge in [0.15, 0.2) is 11.5 Å². The first kappa shape index (κ1) is 24.1. The summed E-state index contributed by atoms with van der Waals surface area (Å²) in [5.41, 5.74) is 1.05. The average molecular weight is 417 g/mol. The van der Waals surface area contributed by atoms with E-state index in [-0.39, 0.29) is 29.6 Å². The number of rotatable bonds is 13. The Morgan fingerprint density at radius 3 is 2.00 bits per heavy atom. The Morgan fingerprint density at radius 2 is 1.43 bits per heavy atom. The van der Waals surface area contributed by atoms with Crippen LogP contribution in [0.5, 0.6) is 23.0 Å². The standard InChI is InChI=1S/C20H32O7S/c1-15-16(18(22)20(26-3)19(25-2)17(15)21)13-11-9-7-5-6-8-10-12-14-27-28(4,23)24/h11,13,21-22H,5-10,12,14H2,1-4H3. The molecule has 0 saturated carbocycles. The summed E-state index contributed by atoms with van der Waals surface area (Å²) in [4.78, 5) is 0. The van der Waals surface area contributed by atoms with Gasteiger partial charge in [-0.3, -0.25) is 4.18 Å². The topological polar surface area (TPSA) is 102 Å². The third-order valence-electron chi connectivity index (χ3n) is 4.41. The fourth-order valence-electron chi connectivity index (χ4n) is 2.88. The average Bonchev–Trinajstić information content (AvgIpc) is 2.63. The molecule has 160 valence electrons. The maximum absolute atomic E-state index is 10.8. The Bertz CT molecular complexity index is 755. The number of hydrogen-bond donors (Lipinski definition) is 2. The molecule has 1 rings (SSSR count). The number of hydrogen-bond acceptors (Lipinski definition) is 7. The summed E-state index contributed by atoms with van der Waals surface area (Å²) in [5.74, 6) is 0.139. The Kier molecular flexibility index (Phi) is 10.2. The Hall–Kier alpha value is -1.93. The van der Waals surface area contributed by atoms with E-state index in [1.165, 1.54) is 14.2 Å². The number of methoxy groups -OCH3 is 2. The molecular weight excluding hydrogens is 384 g/mol. The first-order valence-electron chi connectivity index (χ1n) is 9.40. The fraction of sp³-hybridized carbons (Fsp3) is 0.600. The quantitative estimate of drug-likeness (QED) is 0.283. The summed E-state index contributed by atoms with van der Waals surface area (Å²) in [7, 11) is -0.511. The molecule has 0 aliphatic carbocycles. The molecule has 0 unspecified atom stereocenters. The van der Waals surface area contributed by atoms with Crippen molar-refractivity contribution >= 4 is 16.2 Å². The van der Waals surface area contributed by atoms with Crippen LogP contribution in [-0.4, -0.2) is 45.7 Å². The Labute approximate surface area is 168 Å². The van der Waals surface area contributed by atoms with Crippen LogP contribution >= 0.6 is 0 Å². The molecule has 0 aliphatic heterocycles. The maximum atomic E-state index is 10.8. The molecule has 2 N–H and O–H groups in total. The van der Waals surface area contributed by atoms with E-state index >= 15 is 0 Å². The highest BCUT2D eigenvalue weighted by Crippen LogP contribution is 2.48. The van der Waals surface area contributed by atoms with Gasteiger partial charge in [-0.05, 0) is 26.2 Å².